The predicted molar refractivity (Wildman–Crippen MR) is 209 cm³/mol. The summed E-state index contributed by atoms with van der Waals surface area (Å²) in [6.07, 6.45) is 33.4. The Bertz CT molecular complexity index is 1080. The first-order chi connectivity index (χ1) is 22.7. The van der Waals surface area contributed by atoms with Gasteiger partial charge in [-0.25, -0.2) is 0 Å². The number of fused-ring (bicyclic) bond motifs is 7. The molecule has 48 heavy (non-hydrogen) atoms. The first-order valence-electron chi connectivity index (χ1n) is 21.8. The molecule has 0 aliphatic heterocycles. The van der Waals surface area contributed by atoms with Crippen molar-refractivity contribution in [2.75, 3.05) is 0 Å². The van der Waals surface area contributed by atoms with Gasteiger partial charge in [-0.15, -0.1) is 0 Å². The standard InChI is InChI=1S/C47H82O/c1-11-12-13-14-15-16-17-18-19-20-21-22-23-24-36(3)48-41-29-31-45(8)39(43(41,5)6)28-32-47(10)40(45)26-25-38-42-37(4)35(2)27-30-44(42,7)33-34-46(38,47)9/h37-42H,2-3,11-34H2,1,4-10H3. The van der Waals surface area contributed by atoms with E-state index < -0.39 is 0 Å². The molecule has 5 aliphatic carbocycles. The summed E-state index contributed by atoms with van der Waals surface area (Å²) in [7, 11) is 0. The molecule has 5 rings (SSSR count). The summed E-state index contributed by atoms with van der Waals surface area (Å²) < 4.78 is 6.86. The fourth-order valence-corrected chi connectivity index (χ4v) is 14.2. The van der Waals surface area contributed by atoms with Gasteiger partial charge in [0.2, 0.25) is 0 Å². The Labute approximate surface area is 300 Å². The van der Waals surface area contributed by atoms with Gasteiger partial charge in [0.25, 0.3) is 0 Å². The van der Waals surface area contributed by atoms with Crippen LogP contribution in [0, 0.1) is 56.7 Å². The molecule has 5 fully saturated rings. The molecule has 0 amide bonds. The van der Waals surface area contributed by atoms with Crippen molar-refractivity contribution in [3.63, 3.8) is 0 Å². The number of ether oxygens (including phenoxy) is 1. The molecule has 0 N–H and O–H groups in total. The van der Waals surface area contributed by atoms with Gasteiger partial charge < -0.3 is 4.74 Å². The van der Waals surface area contributed by atoms with E-state index in [2.05, 4.69) is 68.5 Å². The van der Waals surface area contributed by atoms with E-state index in [4.69, 9.17) is 4.74 Å². The second-order valence-electron chi connectivity index (χ2n) is 20.3. The highest BCUT2D eigenvalue weighted by Crippen LogP contribution is 2.77. The summed E-state index contributed by atoms with van der Waals surface area (Å²) in [5, 5.41) is 0. The molecule has 0 aromatic heterocycles. The van der Waals surface area contributed by atoms with Crippen LogP contribution >= 0.6 is 0 Å². The monoisotopic (exact) mass is 663 g/mol. The van der Waals surface area contributed by atoms with Crippen LogP contribution in [0.2, 0.25) is 0 Å². The molecule has 5 aliphatic rings. The summed E-state index contributed by atoms with van der Waals surface area (Å²) in [6, 6.07) is 0. The molecule has 10 unspecified atom stereocenters. The molecule has 1 nitrogen and oxygen atoms in total. The van der Waals surface area contributed by atoms with Crippen molar-refractivity contribution in [1.29, 1.82) is 0 Å². The summed E-state index contributed by atoms with van der Waals surface area (Å²) in [5.74, 6) is 5.05. The highest BCUT2D eigenvalue weighted by atomic mass is 16.5. The molecule has 0 aromatic carbocycles. The molecule has 0 saturated heterocycles. The van der Waals surface area contributed by atoms with E-state index in [-0.39, 0.29) is 5.41 Å². The largest absolute Gasteiger partial charge is 0.495 e. The smallest absolute Gasteiger partial charge is 0.104 e. The van der Waals surface area contributed by atoms with E-state index in [1.165, 1.54) is 148 Å². The van der Waals surface area contributed by atoms with Crippen LogP contribution in [0.1, 0.15) is 209 Å². The zero-order valence-electron chi connectivity index (χ0n) is 33.8. The zero-order valence-corrected chi connectivity index (χ0v) is 33.8. The summed E-state index contributed by atoms with van der Waals surface area (Å²) in [6.45, 7) is 30.1. The number of rotatable bonds is 16. The predicted octanol–water partition coefficient (Wildman–Crippen LogP) is 15.0. The Morgan fingerprint density at radius 2 is 1.27 bits per heavy atom. The van der Waals surface area contributed by atoms with Crippen LogP contribution in [-0.4, -0.2) is 6.10 Å². The maximum atomic E-state index is 6.86. The average Bonchev–Trinajstić information content (AvgIpc) is 3.03. The van der Waals surface area contributed by atoms with Gasteiger partial charge >= 0.3 is 0 Å². The number of hydrogen-bond donors (Lipinski definition) is 0. The van der Waals surface area contributed by atoms with Crippen LogP contribution in [0.3, 0.4) is 0 Å². The number of hydrogen-bond acceptors (Lipinski definition) is 1. The quantitative estimate of drug-likeness (QED) is 0.0908. The van der Waals surface area contributed by atoms with Crippen LogP contribution in [0.5, 0.6) is 0 Å². The first kappa shape index (κ1) is 38.5. The van der Waals surface area contributed by atoms with Gasteiger partial charge in [0.1, 0.15) is 6.10 Å². The topological polar surface area (TPSA) is 9.23 Å². The Hall–Kier alpha value is -0.720. The first-order valence-corrected chi connectivity index (χ1v) is 21.8. The molecule has 0 bridgehead atoms. The SMILES string of the molecule is C=C(CCCCCCCCCCCCCCC)OC1CCC2(C)C(CCC3(C)C2CCC2C4C(C)C(=C)CCC4(C)CCC23C)C1(C)C. The second-order valence-corrected chi connectivity index (χ2v) is 20.3. The molecule has 0 heterocycles. The Balaban J connectivity index is 1.11. The van der Waals surface area contributed by atoms with Crippen molar-refractivity contribution in [3.05, 3.63) is 24.5 Å². The van der Waals surface area contributed by atoms with Crippen LogP contribution in [-0.2, 0) is 4.74 Å². The molecular weight excluding hydrogens is 581 g/mol. The van der Waals surface area contributed by atoms with Crippen molar-refractivity contribution < 1.29 is 4.74 Å². The van der Waals surface area contributed by atoms with E-state index >= 15 is 0 Å². The normalized spacial score (nSPS) is 41.9. The third kappa shape index (κ3) is 7.17. The van der Waals surface area contributed by atoms with Crippen LogP contribution in [0.25, 0.3) is 0 Å². The highest BCUT2D eigenvalue weighted by Gasteiger charge is 2.70. The Morgan fingerprint density at radius 1 is 0.667 bits per heavy atom. The minimum absolute atomic E-state index is 0.200. The van der Waals surface area contributed by atoms with E-state index in [0.717, 1.165) is 35.9 Å². The van der Waals surface area contributed by atoms with Gasteiger partial charge in [-0.05, 0) is 122 Å². The van der Waals surface area contributed by atoms with Crippen molar-refractivity contribution in [1.82, 2.24) is 0 Å². The van der Waals surface area contributed by atoms with Gasteiger partial charge in [0.15, 0.2) is 0 Å². The minimum atomic E-state index is 0.200. The van der Waals surface area contributed by atoms with Gasteiger partial charge in [-0.3, -0.25) is 0 Å². The Morgan fingerprint density at radius 3 is 1.90 bits per heavy atom. The van der Waals surface area contributed by atoms with Crippen molar-refractivity contribution in [2.45, 2.75) is 216 Å². The van der Waals surface area contributed by atoms with E-state index in [1.54, 1.807) is 5.57 Å². The lowest BCUT2D eigenvalue weighted by atomic mass is 9.31. The van der Waals surface area contributed by atoms with Crippen LogP contribution < -0.4 is 0 Å². The third-order valence-electron chi connectivity index (χ3n) is 17.4. The van der Waals surface area contributed by atoms with Gasteiger partial charge in [0, 0.05) is 11.8 Å². The lowest BCUT2D eigenvalue weighted by Crippen LogP contribution is -2.67. The average molecular weight is 663 g/mol. The lowest BCUT2D eigenvalue weighted by molar-refractivity contribution is -0.253. The maximum absolute atomic E-state index is 6.86. The summed E-state index contributed by atoms with van der Waals surface area (Å²) >= 11 is 0. The number of unbranched alkanes of at least 4 members (excludes halogenated alkanes) is 12. The zero-order chi connectivity index (χ0) is 34.8. The minimum Gasteiger partial charge on any atom is -0.495 e. The maximum Gasteiger partial charge on any atom is 0.104 e. The third-order valence-corrected chi connectivity index (χ3v) is 17.4. The van der Waals surface area contributed by atoms with Crippen molar-refractivity contribution >= 4 is 0 Å². The van der Waals surface area contributed by atoms with Crippen molar-refractivity contribution in [3.8, 4) is 0 Å². The molecule has 10 atom stereocenters. The fraction of sp³-hybridized carbons (Fsp3) is 0.915. The molecule has 0 spiro atoms. The highest BCUT2D eigenvalue weighted by molar-refractivity contribution is 5.21. The number of allylic oxidation sites excluding steroid dienone is 2. The second kappa shape index (κ2) is 15.5. The van der Waals surface area contributed by atoms with Gasteiger partial charge in [-0.1, -0.05) is 151 Å². The van der Waals surface area contributed by atoms with Gasteiger partial charge in [0.05, 0.1) is 5.76 Å². The molecule has 0 aromatic rings. The molecular formula is C47H82O. The fourth-order valence-electron chi connectivity index (χ4n) is 14.2. The molecule has 5 saturated carbocycles. The lowest BCUT2D eigenvalue weighted by Gasteiger charge is -2.73. The van der Waals surface area contributed by atoms with Crippen molar-refractivity contribution in [2.24, 2.45) is 56.7 Å². The Kier molecular flexibility index (Phi) is 12.4. The molecule has 0 radical (unpaired) electrons. The van der Waals surface area contributed by atoms with E-state index in [9.17, 15) is 0 Å². The van der Waals surface area contributed by atoms with Gasteiger partial charge in [-0.2, -0.15) is 0 Å². The summed E-state index contributed by atoms with van der Waals surface area (Å²) in [4.78, 5) is 0. The molecule has 276 valence electrons. The van der Waals surface area contributed by atoms with E-state index in [0.29, 0.717) is 33.7 Å². The van der Waals surface area contributed by atoms with Crippen LogP contribution in [0.15, 0.2) is 24.5 Å². The van der Waals surface area contributed by atoms with Crippen LogP contribution in [0.4, 0.5) is 0 Å². The van der Waals surface area contributed by atoms with E-state index in [1.807, 2.05) is 0 Å². The molecule has 1 heteroatoms. The summed E-state index contributed by atoms with van der Waals surface area (Å²) in [5.41, 5.74) is 3.61.